The maximum absolute atomic E-state index is 10.8. The van der Waals surface area contributed by atoms with Gasteiger partial charge in [0.05, 0.1) is 17.3 Å². The SMILES string of the molecule is C#CC1CS(=O)OC1(C)C. The zero-order chi connectivity index (χ0) is 7.78. The van der Waals surface area contributed by atoms with Gasteiger partial charge in [-0.1, -0.05) is 5.92 Å². The third-order valence-electron chi connectivity index (χ3n) is 1.65. The molecule has 0 aliphatic carbocycles. The Hall–Kier alpha value is -0.330. The second kappa shape index (κ2) is 2.37. The highest BCUT2D eigenvalue weighted by Gasteiger charge is 2.39. The molecule has 1 fully saturated rings. The largest absolute Gasteiger partial charge is 0.283 e. The lowest BCUT2D eigenvalue weighted by Gasteiger charge is -2.18. The number of rotatable bonds is 0. The summed E-state index contributed by atoms with van der Waals surface area (Å²) >= 11 is -1.16. The summed E-state index contributed by atoms with van der Waals surface area (Å²) in [5.74, 6) is 3.04. The van der Waals surface area contributed by atoms with Crippen LogP contribution in [0.5, 0.6) is 0 Å². The Morgan fingerprint density at radius 1 is 1.80 bits per heavy atom. The normalized spacial score (nSPS) is 37.3. The van der Waals surface area contributed by atoms with Crippen molar-refractivity contribution in [3.05, 3.63) is 0 Å². The first-order chi connectivity index (χ1) is 4.56. The summed E-state index contributed by atoms with van der Waals surface area (Å²) in [7, 11) is 0. The fraction of sp³-hybridized carbons (Fsp3) is 0.714. The van der Waals surface area contributed by atoms with Crippen molar-refractivity contribution in [1.82, 2.24) is 0 Å². The topological polar surface area (TPSA) is 26.3 Å². The van der Waals surface area contributed by atoms with Crippen molar-refractivity contribution in [2.24, 2.45) is 5.92 Å². The second-order valence-corrected chi connectivity index (χ2v) is 3.98. The smallest absolute Gasteiger partial charge is 0.157 e. The minimum atomic E-state index is -1.16. The summed E-state index contributed by atoms with van der Waals surface area (Å²) in [6, 6.07) is 0. The van der Waals surface area contributed by atoms with E-state index in [9.17, 15) is 4.21 Å². The van der Waals surface area contributed by atoms with Gasteiger partial charge in [-0.3, -0.25) is 4.18 Å². The van der Waals surface area contributed by atoms with Crippen LogP contribution in [-0.2, 0) is 15.3 Å². The van der Waals surface area contributed by atoms with Crippen LogP contribution in [0.1, 0.15) is 13.8 Å². The van der Waals surface area contributed by atoms with Crippen LogP contribution in [-0.4, -0.2) is 15.6 Å². The van der Waals surface area contributed by atoms with E-state index in [-0.39, 0.29) is 5.92 Å². The quantitative estimate of drug-likeness (QED) is 0.485. The van der Waals surface area contributed by atoms with E-state index in [2.05, 4.69) is 5.92 Å². The maximum atomic E-state index is 10.8. The Labute approximate surface area is 63.6 Å². The number of terminal acetylenes is 1. The van der Waals surface area contributed by atoms with Crippen LogP contribution in [0.25, 0.3) is 0 Å². The average molecular weight is 158 g/mol. The summed E-state index contributed by atoms with van der Waals surface area (Å²) in [5, 5.41) is 0. The van der Waals surface area contributed by atoms with Crippen molar-refractivity contribution >= 4 is 11.1 Å². The molecule has 56 valence electrons. The molecule has 1 heterocycles. The van der Waals surface area contributed by atoms with E-state index >= 15 is 0 Å². The third-order valence-corrected chi connectivity index (χ3v) is 2.87. The minimum absolute atomic E-state index is 0.00617. The molecule has 0 spiro atoms. The molecule has 0 radical (unpaired) electrons. The molecule has 3 heteroatoms. The first-order valence-electron chi connectivity index (χ1n) is 3.10. The molecule has 2 nitrogen and oxygen atoms in total. The van der Waals surface area contributed by atoms with E-state index < -0.39 is 16.7 Å². The van der Waals surface area contributed by atoms with Crippen LogP contribution >= 0.6 is 0 Å². The molecule has 0 amide bonds. The van der Waals surface area contributed by atoms with Crippen LogP contribution < -0.4 is 0 Å². The van der Waals surface area contributed by atoms with Crippen molar-refractivity contribution in [1.29, 1.82) is 0 Å². The average Bonchev–Trinajstić information content (AvgIpc) is 2.04. The Morgan fingerprint density at radius 2 is 2.40 bits per heavy atom. The lowest BCUT2D eigenvalue weighted by Crippen LogP contribution is -2.26. The van der Waals surface area contributed by atoms with Crippen LogP contribution in [0.4, 0.5) is 0 Å². The number of hydrogen-bond acceptors (Lipinski definition) is 2. The third kappa shape index (κ3) is 1.23. The Bertz CT molecular complexity index is 202. The highest BCUT2D eigenvalue weighted by molar-refractivity contribution is 7.80. The van der Waals surface area contributed by atoms with E-state index in [1.54, 1.807) is 0 Å². The van der Waals surface area contributed by atoms with Crippen molar-refractivity contribution in [3.8, 4) is 12.3 Å². The van der Waals surface area contributed by atoms with Gasteiger partial charge in [0, 0.05) is 0 Å². The highest BCUT2D eigenvalue weighted by Crippen LogP contribution is 2.29. The molecule has 0 aromatic heterocycles. The molecule has 0 bridgehead atoms. The van der Waals surface area contributed by atoms with Crippen LogP contribution in [0.3, 0.4) is 0 Å². The van der Waals surface area contributed by atoms with Gasteiger partial charge in [-0.2, -0.15) is 0 Å². The van der Waals surface area contributed by atoms with Crippen LogP contribution in [0, 0.1) is 18.3 Å². The van der Waals surface area contributed by atoms with E-state index in [1.807, 2.05) is 13.8 Å². The van der Waals surface area contributed by atoms with Gasteiger partial charge in [0.25, 0.3) is 0 Å². The van der Waals surface area contributed by atoms with Gasteiger partial charge >= 0.3 is 0 Å². The monoisotopic (exact) mass is 158 g/mol. The highest BCUT2D eigenvalue weighted by atomic mass is 32.2. The second-order valence-electron chi connectivity index (χ2n) is 2.88. The molecule has 10 heavy (non-hydrogen) atoms. The van der Waals surface area contributed by atoms with Gasteiger partial charge in [0.2, 0.25) is 0 Å². The van der Waals surface area contributed by atoms with Crippen LogP contribution in [0.15, 0.2) is 0 Å². The Balaban J connectivity index is 2.79. The van der Waals surface area contributed by atoms with Gasteiger partial charge in [-0.05, 0) is 13.8 Å². The molecule has 1 aliphatic heterocycles. The summed E-state index contributed by atoms with van der Waals surface area (Å²) in [6.07, 6.45) is 5.21. The predicted molar refractivity (Wildman–Crippen MR) is 40.5 cm³/mol. The van der Waals surface area contributed by atoms with E-state index in [4.69, 9.17) is 10.6 Å². The van der Waals surface area contributed by atoms with Gasteiger partial charge in [0.1, 0.15) is 0 Å². The lowest BCUT2D eigenvalue weighted by atomic mass is 9.94. The molecule has 1 rings (SSSR count). The molecule has 0 saturated carbocycles. The molecule has 0 aromatic carbocycles. The molecule has 1 aliphatic rings. The maximum Gasteiger partial charge on any atom is 0.157 e. The van der Waals surface area contributed by atoms with Gasteiger partial charge in [-0.15, -0.1) is 6.42 Å². The lowest BCUT2D eigenvalue weighted by molar-refractivity contribution is 0.122. The zero-order valence-corrected chi connectivity index (χ0v) is 6.90. The molecular weight excluding hydrogens is 148 g/mol. The van der Waals surface area contributed by atoms with E-state index in [0.717, 1.165) is 0 Å². The van der Waals surface area contributed by atoms with Crippen LogP contribution in [0.2, 0.25) is 0 Å². The fourth-order valence-electron chi connectivity index (χ4n) is 0.917. The Morgan fingerprint density at radius 3 is 2.60 bits per heavy atom. The van der Waals surface area contributed by atoms with Gasteiger partial charge in [0.15, 0.2) is 11.1 Å². The van der Waals surface area contributed by atoms with Crippen molar-refractivity contribution in [3.63, 3.8) is 0 Å². The van der Waals surface area contributed by atoms with Crippen molar-refractivity contribution in [2.75, 3.05) is 5.75 Å². The van der Waals surface area contributed by atoms with Gasteiger partial charge < -0.3 is 0 Å². The van der Waals surface area contributed by atoms with Crippen molar-refractivity contribution < 1.29 is 8.39 Å². The molecule has 0 aromatic rings. The predicted octanol–water partition coefficient (Wildman–Crippen LogP) is 0.708. The summed E-state index contributed by atoms with van der Waals surface area (Å²) in [6.45, 7) is 3.73. The summed E-state index contributed by atoms with van der Waals surface area (Å²) < 4.78 is 15.9. The molecular formula is C7H10O2S. The summed E-state index contributed by atoms with van der Waals surface area (Å²) in [5.41, 5.74) is -0.403. The molecule has 2 unspecified atom stereocenters. The summed E-state index contributed by atoms with van der Waals surface area (Å²) in [4.78, 5) is 0. The molecule has 0 N–H and O–H groups in total. The molecule has 2 atom stereocenters. The first-order valence-corrected chi connectivity index (χ1v) is 4.34. The molecule has 1 saturated heterocycles. The van der Waals surface area contributed by atoms with Gasteiger partial charge in [-0.25, -0.2) is 4.21 Å². The van der Waals surface area contributed by atoms with Crippen molar-refractivity contribution in [2.45, 2.75) is 19.4 Å². The fourth-order valence-corrected chi connectivity index (χ4v) is 2.35. The first kappa shape index (κ1) is 7.77. The van der Waals surface area contributed by atoms with E-state index in [0.29, 0.717) is 5.75 Å². The minimum Gasteiger partial charge on any atom is -0.283 e. The van der Waals surface area contributed by atoms with E-state index in [1.165, 1.54) is 0 Å². The number of hydrogen-bond donors (Lipinski definition) is 0. The zero-order valence-electron chi connectivity index (χ0n) is 6.09. The Kier molecular flexibility index (Phi) is 1.84. The standard InChI is InChI=1S/C7H10O2S/c1-4-6-5-10(8)9-7(6,2)3/h1,6H,5H2,2-3H3.